The van der Waals surface area contributed by atoms with Crippen molar-refractivity contribution in [3.05, 3.63) is 127 Å². The van der Waals surface area contributed by atoms with E-state index in [4.69, 9.17) is 14.7 Å². The van der Waals surface area contributed by atoms with E-state index in [2.05, 4.69) is 95.6 Å². The summed E-state index contributed by atoms with van der Waals surface area (Å²) in [6, 6.07) is 43.5. The standard InChI is InChI=1S/C34H21N3OS/c1-4-16-28-22(10-1)23-11-2-5-17-29(23)37(28)31-19-9-21-33(36-31)38-32-20-8-15-27(35-32)26-14-7-13-25-24-12-3-6-18-30(24)39-34(25)26/h1-21H. The molecule has 4 nitrogen and oxygen atoms in total. The fraction of sp³-hybridized carbons (Fsp3) is 0. The molecule has 0 aliphatic heterocycles. The van der Waals surface area contributed by atoms with Crippen LogP contribution in [0.3, 0.4) is 0 Å². The number of aromatic nitrogens is 3. The van der Waals surface area contributed by atoms with Gasteiger partial charge in [0, 0.05) is 48.6 Å². The average Bonchev–Trinajstić information content (AvgIpc) is 3.53. The van der Waals surface area contributed by atoms with Gasteiger partial charge in [-0.15, -0.1) is 11.3 Å². The van der Waals surface area contributed by atoms with Crippen LogP contribution < -0.4 is 4.74 Å². The number of hydrogen-bond acceptors (Lipinski definition) is 4. The van der Waals surface area contributed by atoms with Crippen LogP contribution in [0, 0.1) is 0 Å². The van der Waals surface area contributed by atoms with Crippen molar-refractivity contribution in [2.24, 2.45) is 0 Å². The summed E-state index contributed by atoms with van der Waals surface area (Å²) in [6.45, 7) is 0. The van der Waals surface area contributed by atoms with Crippen LogP contribution >= 0.6 is 11.3 Å². The fourth-order valence-electron chi connectivity index (χ4n) is 5.43. The van der Waals surface area contributed by atoms with Crippen molar-refractivity contribution in [1.82, 2.24) is 14.5 Å². The summed E-state index contributed by atoms with van der Waals surface area (Å²) in [5.74, 6) is 1.81. The number of ether oxygens (including phenoxy) is 1. The minimum Gasteiger partial charge on any atom is -0.421 e. The molecule has 8 aromatic rings. The Morgan fingerprint density at radius 3 is 1.92 bits per heavy atom. The molecule has 0 saturated carbocycles. The Labute approximate surface area is 228 Å². The molecule has 0 unspecified atom stereocenters. The Hall–Kier alpha value is -5.00. The van der Waals surface area contributed by atoms with Crippen molar-refractivity contribution in [1.29, 1.82) is 0 Å². The molecule has 4 heterocycles. The van der Waals surface area contributed by atoms with Gasteiger partial charge >= 0.3 is 0 Å². The second-order valence-corrected chi connectivity index (χ2v) is 10.5. The maximum atomic E-state index is 6.24. The number of rotatable bonds is 4. The zero-order chi connectivity index (χ0) is 25.8. The molecule has 0 aliphatic carbocycles. The van der Waals surface area contributed by atoms with Gasteiger partial charge in [0.25, 0.3) is 0 Å². The molecule has 184 valence electrons. The molecular weight excluding hydrogens is 498 g/mol. The third-order valence-corrected chi connectivity index (χ3v) is 8.35. The third kappa shape index (κ3) is 3.59. The summed E-state index contributed by atoms with van der Waals surface area (Å²) in [5, 5.41) is 4.93. The van der Waals surface area contributed by atoms with E-state index in [0.717, 1.165) is 28.1 Å². The third-order valence-electron chi connectivity index (χ3n) is 7.13. The minimum absolute atomic E-state index is 0.499. The highest BCUT2D eigenvalue weighted by Crippen LogP contribution is 2.39. The van der Waals surface area contributed by atoms with Crippen LogP contribution in [0.1, 0.15) is 0 Å². The maximum absolute atomic E-state index is 6.24. The van der Waals surface area contributed by atoms with Gasteiger partial charge in [0.15, 0.2) is 0 Å². The predicted octanol–water partition coefficient (Wildman–Crippen LogP) is 9.40. The number of para-hydroxylation sites is 2. The van der Waals surface area contributed by atoms with E-state index in [9.17, 15) is 0 Å². The lowest BCUT2D eigenvalue weighted by Gasteiger charge is -2.10. The first-order valence-corrected chi connectivity index (χ1v) is 13.7. The maximum Gasteiger partial charge on any atom is 0.223 e. The smallest absolute Gasteiger partial charge is 0.223 e. The minimum atomic E-state index is 0.499. The van der Waals surface area contributed by atoms with Crippen molar-refractivity contribution in [2.75, 3.05) is 0 Å². The van der Waals surface area contributed by atoms with Crippen LogP contribution in [-0.2, 0) is 0 Å². The summed E-state index contributed by atoms with van der Waals surface area (Å²) < 4.78 is 10.9. The molecule has 0 fully saturated rings. The van der Waals surface area contributed by atoms with Gasteiger partial charge in [-0.2, -0.15) is 4.98 Å². The van der Waals surface area contributed by atoms with Crippen molar-refractivity contribution < 1.29 is 4.74 Å². The molecule has 0 spiro atoms. The molecule has 0 amide bonds. The Bertz CT molecular complexity index is 2120. The lowest BCUT2D eigenvalue weighted by molar-refractivity contribution is 0.445. The molecule has 0 aliphatic rings. The van der Waals surface area contributed by atoms with Gasteiger partial charge in [-0.05, 0) is 30.3 Å². The van der Waals surface area contributed by atoms with Gasteiger partial charge in [0.05, 0.1) is 16.7 Å². The molecule has 0 N–H and O–H groups in total. The van der Waals surface area contributed by atoms with Gasteiger partial charge in [-0.1, -0.05) is 84.9 Å². The van der Waals surface area contributed by atoms with Crippen LogP contribution in [0.2, 0.25) is 0 Å². The zero-order valence-corrected chi connectivity index (χ0v) is 21.6. The Morgan fingerprint density at radius 1 is 0.513 bits per heavy atom. The first-order chi connectivity index (χ1) is 19.3. The van der Waals surface area contributed by atoms with Crippen LogP contribution in [0.4, 0.5) is 0 Å². The number of fused-ring (bicyclic) bond motifs is 6. The van der Waals surface area contributed by atoms with Gasteiger partial charge in [0.2, 0.25) is 11.8 Å². The van der Waals surface area contributed by atoms with Gasteiger partial charge < -0.3 is 4.74 Å². The summed E-state index contributed by atoms with van der Waals surface area (Å²) >= 11 is 1.80. The first-order valence-electron chi connectivity index (χ1n) is 12.8. The Morgan fingerprint density at radius 2 is 1.13 bits per heavy atom. The van der Waals surface area contributed by atoms with Crippen LogP contribution in [0.5, 0.6) is 11.8 Å². The second kappa shape index (κ2) is 8.79. The second-order valence-electron chi connectivity index (χ2n) is 9.45. The van der Waals surface area contributed by atoms with E-state index in [1.165, 1.54) is 30.9 Å². The predicted molar refractivity (Wildman–Crippen MR) is 161 cm³/mol. The summed E-state index contributed by atoms with van der Waals surface area (Å²) in [6.07, 6.45) is 0. The topological polar surface area (TPSA) is 39.9 Å². The highest BCUT2D eigenvalue weighted by atomic mass is 32.1. The van der Waals surface area contributed by atoms with Crippen molar-refractivity contribution in [3.8, 4) is 28.8 Å². The van der Waals surface area contributed by atoms with E-state index in [1.807, 2.05) is 36.4 Å². The lowest BCUT2D eigenvalue weighted by Crippen LogP contribution is -1.99. The molecule has 0 atom stereocenters. The number of nitrogens with zero attached hydrogens (tertiary/aromatic N) is 3. The highest BCUT2D eigenvalue weighted by Gasteiger charge is 2.14. The molecule has 39 heavy (non-hydrogen) atoms. The summed E-state index contributed by atoms with van der Waals surface area (Å²) in [5.41, 5.74) is 4.20. The van der Waals surface area contributed by atoms with Crippen LogP contribution in [-0.4, -0.2) is 14.5 Å². The molecular formula is C34H21N3OS. The fourth-order valence-corrected chi connectivity index (χ4v) is 6.66. The van der Waals surface area contributed by atoms with E-state index in [-0.39, 0.29) is 0 Å². The van der Waals surface area contributed by atoms with Crippen LogP contribution in [0.25, 0.3) is 59.1 Å². The average molecular weight is 520 g/mol. The zero-order valence-electron chi connectivity index (χ0n) is 20.8. The number of benzene rings is 4. The Kier molecular flexibility index (Phi) is 4.96. The van der Waals surface area contributed by atoms with Crippen molar-refractivity contribution in [2.45, 2.75) is 0 Å². The van der Waals surface area contributed by atoms with E-state index in [0.29, 0.717) is 11.8 Å². The van der Waals surface area contributed by atoms with E-state index >= 15 is 0 Å². The molecule has 0 radical (unpaired) electrons. The largest absolute Gasteiger partial charge is 0.421 e. The summed E-state index contributed by atoms with van der Waals surface area (Å²) in [7, 11) is 0. The van der Waals surface area contributed by atoms with Gasteiger partial charge in [-0.3, -0.25) is 4.57 Å². The number of thiophene rings is 1. The van der Waals surface area contributed by atoms with Gasteiger partial charge in [0.1, 0.15) is 5.82 Å². The van der Waals surface area contributed by atoms with Gasteiger partial charge in [-0.25, -0.2) is 4.98 Å². The molecule has 4 aromatic carbocycles. The van der Waals surface area contributed by atoms with E-state index < -0.39 is 0 Å². The lowest BCUT2D eigenvalue weighted by atomic mass is 10.1. The van der Waals surface area contributed by atoms with Crippen molar-refractivity contribution >= 4 is 53.3 Å². The van der Waals surface area contributed by atoms with Crippen LogP contribution in [0.15, 0.2) is 127 Å². The number of pyridine rings is 2. The number of hydrogen-bond donors (Lipinski definition) is 0. The molecule has 5 heteroatoms. The highest BCUT2D eigenvalue weighted by molar-refractivity contribution is 7.26. The molecule has 0 saturated heterocycles. The normalized spacial score (nSPS) is 11.6. The first kappa shape index (κ1) is 22.0. The molecule has 4 aromatic heterocycles. The SMILES string of the molecule is c1cc(Oc2cccc(-n3c4ccccc4c4ccccc43)n2)nc(-c2cccc3c2sc2ccccc23)c1. The monoisotopic (exact) mass is 519 g/mol. The molecule has 8 rings (SSSR count). The quantitative estimate of drug-likeness (QED) is 0.232. The summed E-state index contributed by atoms with van der Waals surface area (Å²) in [4.78, 5) is 9.78. The van der Waals surface area contributed by atoms with Crippen molar-refractivity contribution in [3.63, 3.8) is 0 Å². The molecule has 0 bridgehead atoms. The Balaban J connectivity index is 1.19. The van der Waals surface area contributed by atoms with E-state index in [1.54, 1.807) is 11.3 Å².